The lowest BCUT2D eigenvalue weighted by Crippen LogP contribution is -2.44. The minimum Gasteiger partial charge on any atom is -0.511 e. The zero-order valence-electron chi connectivity index (χ0n) is 20.7. The van der Waals surface area contributed by atoms with E-state index in [1.807, 2.05) is 19.0 Å². The zero-order chi connectivity index (χ0) is 27.0. The molecule has 0 saturated heterocycles. The maximum atomic E-state index is 13.4. The number of amides is 1. The lowest BCUT2D eigenvalue weighted by molar-refractivity contribution is -0.138. The molecule has 3 aliphatic carbocycles. The number of primary amides is 1. The van der Waals surface area contributed by atoms with E-state index in [1.54, 1.807) is 6.07 Å². The zero-order valence-corrected chi connectivity index (χ0v) is 20.7. The molecule has 5 N–H and O–H groups in total. The van der Waals surface area contributed by atoms with Crippen molar-refractivity contribution < 1.29 is 39.2 Å². The molecular weight excluding hydrogens is 480 g/mol. The average molecular weight is 511 g/mol. The average Bonchev–Trinajstić information content (AvgIpc) is 2.80. The summed E-state index contributed by atoms with van der Waals surface area (Å²) in [6, 6.07) is 2.96. The molecule has 1 saturated carbocycles. The molecule has 3 aliphatic rings. The van der Waals surface area contributed by atoms with Crippen molar-refractivity contribution in [3.05, 3.63) is 51.8 Å². The van der Waals surface area contributed by atoms with Gasteiger partial charge in [-0.15, -0.1) is 0 Å². The van der Waals surface area contributed by atoms with Gasteiger partial charge in [-0.25, -0.2) is 4.79 Å². The molecule has 0 bridgehead atoms. The predicted molar refractivity (Wildman–Crippen MR) is 133 cm³/mol. The Morgan fingerprint density at radius 2 is 1.89 bits per heavy atom. The van der Waals surface area contributed by atoms with Crippen LogP contribution in [0.5, 0.6) is 5.75 Å². The number of esters is 1. The van der Waals surface area contributed by atoms with Gasteiger partial charge in [0, 0.05) is 24.6 Å². The highest BCUT2D eigenvalue weighted by molar-refractivity contribution is 6.21. The van der Waals surface area contributed by atoms with Crippen molar-refractivity contribution >= 4 is 35.3 Å². The van der Waals surface area contributed by atoms with Crippen molar-refractivity contribution in [3.63, 3.8) is 0 Å². The minimum atomic E-state index is -1.16. The van der Waals surface area contributed by atoms with E-state index in [0.29, 0.717) is 24.0 Å². The summed E-state index contributed by atoms with van der Waals surface area (Å²) in [4.78, 5) is 51.7. The second-order valence-corrected chi connectivity index (χ2v) is 9.94. The molecule has 0 spiro atoms. The molecule has 0 radical (unpaired) electrons. The second kappa shape index (κ2) is 10.2. The van der Waals surface area contributed by atoms with Gasteiger partial charge in [-0.2, -0.15) is 0 Å². The molecule has 1 unspecified atom stereocenters. The van der Waals surface area contributed by atoms with Gasteiger partial charge in [0.25, 0.3) is 5.91 Å². The number of hydrogen-bond acceptors (Lipinski definition) is 9. The van der Waals surface area contributed by atoms with Gasteiger partial charge in [0.2, 0.25) is 0 Å². The third kappa shape index (κ3) is 4.89. The van der Waals surface area contributed by atoms with Gasteiger partial charge in [-0.1, -0.05) is 6.07 Å². The highest BCUT2D eigenvalue weighted by Gasteiger charge is 2.50. The summed E-state index contributed by atoms with van der Waals surface area (Å²) >= 11 is 0. The number of nitrogens with zero attached hydrogens (tertiary/aromatic N) is 1. The molecule has 3 atom stereocenters. The van der Waals surface area contributed by atoms with Gasteiger partial charge in [-0.3, -0.25) is 14.4 Å². The number of aromatic hydroxyl groups is 1. The van der Waals surface area contributed by atoms with E-state index >= 15 is 0 Å². The van der Waals surface area contributed by atoms with E-state index in [0.717, 1.165) is 6.54 Å². The van der Waals surface area contributed by atoms with Crippen molar-refractivity contribution in [3.8, 4) is 5.75 Å². The summed E-state index contributed by atoms with van der Waals surface area (Å²) in [5.74, 6) is -6.37. The Hall–Kier alpha value is -3.92. The maximum absolute atomic E-state index is 13.4. The third-order valence-corrected chi connectivity index (χ3v) is 7.20. The summed E-state index contributed by atoms with van der Waals surface area (Å²) in [5.41, 5.74) is 5.90. The quantitative estimate of drug-likeness (QED) is 0.185. The van der Waals surface area contributed by atoms with Crippen LogP contribution in [0.15, 0.2) is 35.1 Å². The molecular formula is C27H30N2O8. The summed E-state index contributed by atoms with van der Waals surface area (Å²) in [5, 5.41) is 32.3. The van der Waals surface area contributed by atoms with Gasteiger partial charge in [0.1, 0.15) is 22.8 Å². The van der Waals surface area contributed by atoms with Gasteiger partial charge in [0.05, 0.1) is 18.1 Å². The lowest BCUT2D eigenvalue weighted by Gasteiger charge is -2.41. The molecule has 37 heavy (non-hydrogen) atoms. The summed E-state index contributed by atoms with van der Waals surface area (Å²) < 4.78 is 5.21. The van der Waals surface area contributed by atoms with Crippen molar-refractivity contribution in [1.29, 1.82) is 0 Å². The van der Waals surface area contributed by atoms with Crippen LogP contribution in [0.1, 0.15) is 36.0 Å². The Balaban J connectivity index is 1.65. The number of phenols is 1. The van der Waals surface area contributed by atoms with Crippen molar-refractivity contribution in [2.75, 3.05) is 27.2 Å². The summed E-state index contributed by atoms with van der Waals surface area (Å²) in [6.07, 6.45) is 3.93. The maximum Gasteiger partial charge on any atom is 0.330 e. The molecule has 0 aromatic heterocycles. The molecule has 1 aromatic carbocycles. The number of carbonyl (C=O) groups is 4. The SMILES string of the molecule is CN(C)CCCOC(=O)/C=C/c1ccc(O)c2c1C[C@H]1C[C@H]3CC(=O)C(C(N)=O)=C(O)C3C(=O)C1=C2O. The first kappa shape index (κ1) is 26.2. The molecule has 1 aromatic rings. The Kier molecular flexibility index (Phi) is 7.22. The standard InChI is InChI=1S/C27H30N2O8/c1-29(2)8-3-9-37-19(32)7-5-13-4-6-17(30)22-16(13)11-14-10-15-12-18(31)23(27(28)36)26(35)21(15)24(33)20(14)25(22)34/h4-7,14-15,21,30,34-35H,3,8-12H2,1-2H3,(H2,28,36)/b7-5+/t14-,15+,21?/m1/s1. The monoisotopic (exact) mass is 510 g/mol. The largest absolute Gasteiger partial charge is 0.511 e. The fraction of sp³-hybridized carbons (Fsp3) is 0.407. The van der Waals surface area contributed by atoms with E-state index in [-0.39, 0.29) is 36.3 Å². The molecule has 196 valence electrons. The predicted octanol–water partition coefficient (Wildman–Crippen LogP) is 1.82. The van der Waals surface area contributed by atoms with Crippen LogP contribution in [0, 0.1) is 17.8 Å². The molecule has 1 fully saturated rings. The minimum absolute atomic E-state index is 0.0372. The van der Waals surface area contributed by atoms with Gasteiger partial charge in [-0.05, 0) is 68.5 Å². The van der Waals surface area contributed by atoms with Crippen LogP contribution in [0.25, 0.3) is 11.8 Å². The number of benzene rings is 1. The molecule has 10 heteroatoms. The van der Waals surface area contributed by atoms with E-state index in [4.69, 9.17) is 10.5 Å². The molecule has 4 rings (SSSR count). The molecule has 0 heterocycles. The number of hydrogen-bond donors (Lipinski definition) is 4. The van der Waals surface area contributed by atoms with Crippen LogP contribution in [-0.2, 0) is 30.3 Å². The van der Waals surface area contributed by atoms with Crippen LogP contribution >= 0.6 is 0 Å². The number of Topliss-reactive ketones (excluding diaryl/α,β-unsaturated/α-hetero) is 2. The molecule has 10 nitrogen and oxygen atoms in total. The highest BCUT2D eigenvalue weighted by atomic mass is 16.5. The topological polar surface area (TPSA) is 167 Å². The number of ketones is 2. The normalized spacial score (nSPS) is 23.3. The van der Waals surface area contributed by atoms with Crippen molar-refractivity contribution in [2.45, 2.75) is 25.7 Å². The smallest absolute Gasteiger partial charge is 0.330 e. The second-order valence-electron chi connectivity index (χ2n) is 9.94. The fourth-order valence-electron chi connectivity index (χ4n) is 5.58. The first-order chi connectivity index (χ1) is 17.5. The van der Waals surface area contributed by atoms with Crippen LogP contribution in [-0.4, -0.2) is 70.9 Å². The summed E-state index contributed by atoms with van der Waals surface area (Å²) in [6.45, 7) is 1.05. The number of fused-ring (bicyclic) bond motifs is 3. The Morgan fingerprint density at radius 1 is 1.16 bits per heavy atom. The van der Waals surface area contributed by atoms with E-state index in [1.165, 1.54) is 18.2 Å². The molecule has 1 amide bonds. The highest BCUT2D eigenvalue weighted by Crippen LogP contribution is 2.50. The van der Waals surface area contributed by atoms with Gasteiger partial charge < -0.3 is 30.7 Å². The molecule has 0 aliphatic heterocycles. The van der Waals surface area contributed by atoms with E-state index < -0.39 is 58.3 Å². The number of allylic oxidation sites excluding steroid dienone is 2. The number of aliphatic hydroxyl groups excluding tert-OH is 2. The number of ether oxygens (including phenoxy) is 1. The van der Waals surface area contributed by atoms with Gasteiger partial charge in [0.15, 0.2) is 11.6 Å². The van der Waals surface area contributed by atoms with Gasteiger partial charge >= 0.3 is 5.97 Å². The number of nitrogens with two attached hydrogens (primary N) is 1. The number of phenolic OH excluding ortho intramolecular Hbond substituents is 1. The van der Waals surface area contributed by atoms with E-state index in [9.17, 15) is 34.5 Å². The van der Waals surface area contributed by atoms with E-state index in [2.05, 4.69) is 0 Å². The van der Waals surface area contributed by atoms with Crippen molar-refractivity contribution in [1.82, 2.24) is 4.90 Å². The Labute approximate surface area is 213 Å². The number of rotatable bonds is 7. The first-order valence-corrected chi connectivity index (χ1v) is 12.1. The van der Waals surface area contributed by atoms with Crippen LogP contribution in [0.4, 0.5) is 0 Å². The number of carbonyl (C=O) groups excluding carboxylic acids is 4. The van der Waals surface area contributed by atoms with Crippen LogP contribution < -0.4 is 5.73 Å². The Bertz CT molecular complexity index is 1270. The third-order valence-electron chi connectivity index (χ3n) is 7.20. The van der Waals surface area contributed by atoms with Crippen LogP contribution in [0.2, 0.25) is 0 Å². The first-order valence-electron chi connectivity index (χ1n) is 12.1. The number of aliphatic hydroxyl groups is 2. The summed E-state index contributed by atoms with van der Waals surface area (Å²) in [7, 11) is 3.85. The lowest BCUT2D eigenvalue weighted by atomic mass is 9.61. The van der Waals surface area contributed by atoms with Crippen LogP contribution in [0.3, 0.4) is 0 Å². The fourth-order valence-corrected chi connectivity index (χ4v) is 5.58. The Morgan fingerprint density at radius 3 is 2.57 bits per heavy atom. The van der Waals surface area contributed by atoms with Crippen molar-refractivity contribution in [2.24, 2.45) is 23.5 Å².